The molecule has 0 saturated carbocycles. The normalized spacial score (nSPS) is 24.1. The predicted octanol–water partition coefficient (Wildman–Crippen LogP) is 1.89. The van der Waals surface area contributed by atoms with E-state index >= 15 is 0 Å². The SMILES string of the molecule is CC(=O)Nc1cc(S(=O)(=O)N2CCC3CCC(C2)N3)ccc1C.Cl. The zero-order chi connectivity index (χ0) is 16.6. The topological polar surface area (TPSA) is 78.5 Å². The molecule has 2 unspecified atom stereocenters. The van der Waals surface area contributed by atoms with Gasteiger partial charge in [0.1, 0.15) is 0 Å². The number of sulfonamides is 1. The fraction of sp³-hybridized carbons (Fsp3) is 0.562. The van der Waals surface area contributed by atoms with Crippen LogP contribution >= 0.6 is 12.4 Å². The Morgan fingerprint density at radius 2 is 1.96 bits per heavy atom. The zero-order valence-corrected chi connectivity index (χ0v) is 15.5. The van der Waals surface area contributed by atoms with E-state index in [4.69, 9.17) is 0 Å². The van der Waals surface area contributed by atoms with Gasteiger partial charge in [0, 0.05) is 37.8 Å². The Hall–Kier alpha value is -1.15. The number of nitrogens with zero attached hydrogens (tertiary/aromatic N) is 1. The molecule has 2 N–H and O–H groups in total. The Morgan fingerprint density at radius 3 is 2.67 bits per heavy atom. The van der Waals surface area contributed by atoms with E-state index in [1.807, 2.05) is 6.92 Å². The number of fused-ring (bicyclic) bond motifs is 2. The van der Waals surface area contributed by atoms with Crippen LogP contribution < -0.4 is 10.6 Å². The van der Waals surface area contributed by atoms with Crippen molar-refractivity contribution in [2.24, 2.45) is 0 Å². The molecule has 2 atom stereocenters. The predicted molar refractivity (Wildman–Crippen MR) is 96.1 cm³/mol. The molecule has 6 nitrogen and oxygen atoms in total. The Kier molecular flexibility index (Phi) is 5.91. The minimum absolute atomic E-state index is 0. The Bertz CT molecular complexity index is 723. The number of hydrogen-bond donors (Lipinski definition) is 2. The zero-order valence-electron chi connectivity index (χ0n) is 13.9. The number of nitrogens with one attached hydrogen (secondary N) is 2. The maximum Gasteiger partial charge on any atom is 0.243 e. The van der Waals surface area contributed by atoms with Crippen LogP contribution in [0, 0.1) is 6.92 Å². The van der Waals surface area contributed by atoms with Crippen molar-refractivity contribution in [3.05, 3.63) is 23.8 Å². The minimum Gasteiger partial charge on any atom is -0.326 e. The minimum atomic E-state index is -3.54. The van der Waals surface area contributed by atoms with Gasteiger partial charge < -0.3 is 10.6 Å². The van der Waals surface area contributed by atoms with E-state index in [-0.39, 0.29) is 29.3 Å². The first kappa shape index (κ1) is 19.2. The summed E-state index contributed by atoms with van der Waals surface area (Å²) in [4.78, 5) is 11.5. The van der Waals surface area contributed by atoms with E-state index in [9.17, 15) is 13.2 Å². The van der Waals surface area contributed by atoms with Crippen molar-refractivity contribution in [1.29, 1.82) is 0 Å². The first-order chi connectivity index (χ1) is 10.9. The maximum atomic E-state index is 13.0. The van der Waals surface area contributed by atoms with Crippen LogP contribution in [0.1, 0.15) is 31.7 Å². The van der Waals surface area contributed by atoms with Crippen LogP contribution in [0.4, 0.5) is 5.69 Å². The van der Waals surface area contributed by atoms with Gasteiger partial charge >= 0.3 is 0 Å². The van der Waals surface area contributed by atoms with Crippen LogP contribution in [0.5, 0.6) is 0 Å². The van der Waals surface area contributed by atoms with Gasteiger partial charge in [-0.1, -0.05) is 6.07 Å². The number of carbonyl (C=O) groups is 1. The molecular formula is C16H24ClN3O3S. The maximum absolute atomic E-state index is 13.0. The molecule has 0 aromatic heterocycles. The third-order valence-corrected chi connectivity index (χ3v) is 6.50. The van der Waals surface area contributed by atoms with Gasteiger partial charge in [-0.05, 0) is 43.9 Å². The number of benzene rings is 1. The lowest BCUT2D eigenvalue weighted by Gasteiger charge is -2.24. The van der Waals surface area contributed by atoms with Crippen molar-refractivity contribution in [1.82, 2.24) is 9.62 Å². The quantitative estimate of drug-likeness (QED) is 0.848. The Balaban J connectivity index is 0.00000208. The van der Waals surface area contributed by atoms with Crippen molar-refractivity contribution >= 4 is 34.0 Å². The summed E-state index contributed by atoms with van der Waals surface area (Å²) in [5.74, 6) is -0.209. The number of halogens is 1. The molecule has 1 amide bonds. The molecule has 0 radical (unpaired) electrons. The van der Waals surface area contributed by atoms with E-state index < -0.39 is 10.0 Å². The van der Waals surface area contributed by atoms with Crippen LogP contribution in [0.15, 0.2) is 23.1 Å². The molecule has 2 bridgehead atoms. The fourth-order valence-corrected chi connectivity index (χ4v) is 4.89. The molecule has 24 heavy (non-hydrogen) atoms. The summed E-state index contributed by atoms with van der Waals surface area (Å²) >= 11 is 0. The molecular weight excluding hydrogens is 350 g/mol. The smallest absolute Gasteiger partial charge is 0.243 e. The van der Waals surface area contributed by atoms with Gasteiger partial charge in [0.15, 0.2) is 0 Å². The van der Waals surface area contributed by atoms with Crippen LogP contribution in [0.2, 0.25) is 0 Å². The summed E-state index contributed by atoms with van der Waals surface area (Å²) in [6.07, 6.45) is 3.01. The third-order valence-electron chi connectivity index (χ3n) is 4.64. The molecule has 8 heteroatoms. The summed E-state index contributed by atoms with van der Waals surface area (Å²) in [6.45, 7) is 4.32. The van der Waals surface area contributed by atoms with Crippen LogP contribution in [-0.2, 0) is 14.8 Å². The van der Waals surface area contributed by atoms with E-state index in [0.717, 1.165) is 24.8 Å². The monoisotopic (exact) mass is 373 g/mol. The number of amides is 1. The molecule has 2 heterocycles. The van der Waals surface area contributed by atoms with Crippen LogP contribution in [0.25, 0.3) is 0 Å². The van der Waals surface area contributed by atoms with Crippen molar-refractivity contribution in [3.8, 4) is 0 Å². The van der Waals surface area contributed by atoms with Crippen LogP contribution in [0.3, 0.4) is 0 Å². The first-order valence-electron chi connectivity index (χ1n) is 8.00. The van der Waals surface area contributed by atoms with Gasteiger partial charge in [0.2, 0.25) is 15.9 Å². The average Bonchev–Trinajstić information content (AvgIpc) is 2.79. The molecule has 2 saturated heterocycles. The van der Waals surface area contributed by atoms with E-state index in [2.05, 4.69) is 10.6 Å². The van der Waals surface area contributed by atoms with Crippen molar-refractivity contribution < 1.29 is 13.2 Å². The van der Waals surface area contributed by atoms with Gasteiger partial charge in [0.25, 0.3) is 0 Å². The van der Waals surface area contributed by atoms with E-state index in [0.29, 0.717) is 24.8 Å². The highest BCUT2D eigenvalue weighted by atomic mass is 35.5. The van der Waals surface area contributed by atoms with Gasteiger partial charge in [-0.25, -0.2) is 8.42 Å². The second-order valence-electron chi connectivity index (χ2n) is 6.45. The van der Waals surface area contributed by atoms with Gasteiger partial charge in [-0.15, -0.1) is 12.4 Å². The number of hydrogen-bond acceptors (Lipinski definition) is 4. The fourth-order valence-electron chi connectivity index (χ4n) is 3.36. The molecule has 2 fully saturated rings. The van der Waals surface area contributed by atoms with Gasteiger partial charge in [-0.2, -0.15) is 4.31 Å². The highest BCUT2D eigenvalue weighted by Gasteiger charge is 2.35. The van der Waals surface area contributed by atoms with Crippen molar-refractivity contribution in [2.75, 3.05) is 18.4 Å². The van der Waals surface area contributed by atoms with Crippen molar-refractivity contribution in [2.45, 2.75) is 50.1 Å². The largest absolute Gasteiger partial charge is 0.326 e. The highest BCUT2D eigenvalue weighted by Crippen LogP contribution is 2.27. The molecule has 0 aliphatic carbocycles. The molecule has 1 aromatic rings. The molecule has 134 valence electrons. The highest BCUT2D eigenvalue weighted by molar-refractivity contribution is 7.89. The molecule has 2 aliphatic heterocycles. The van der Waals surface area contributed by atoms with Gasteiger partial charge in [0.05, 0.1) is 4.90 Å². The number of carbonyl (C=O) groups excluding carboxylic acids is 1. The first-order valence-corrected chi connectivity index (χ1v) is 9.45. The summed E-state index contributed by atoms with van der Waals surface area (Å²) in [5, 5.41) is 6.18. The Labute approximate surface area is 149 Å². The second-order valence-corrected chi connectivity index (χ2v) is 8.39. The summed E-state index contributed by atoms with van der Waals surface area (Å²) < 4.78 is 27.5. The lowest BCUT2D eigenvalue weighted by atomic mass is 10.1. The summed E-state index contributed by atoms with van der Waals surface area (Å²) in [7, 11) is -3.54. The number of rotatable bonds is 3. The summed E-state index contributed by atoms with van der Waals surface area (Å²) in [6, 6.07) is 5.60. The molecule has 3 rings (SSSR count). The second kappa shape index (κ2) is 7.39. The van der Waals surface area contributed by atoms with Crippen molar-refractivity contribution in [3.63, 3.8) is 0 Å². The lowest BCUT2D eigenvalue weighted by molar-refractivity contribution is -0.114. The molecule has 1 aromatic carbocycles. The van der Waals surface area contributed by atoms with E-state index in [1.54, 1.807) is 22.5 Å². The third kappa shape index (κ3) is 3.91. The number of aryl methyl sites for hydroxylation is 1. The van der Waals surface area contributed by atoms with Gasteiger partial charge in [-0.3, -0.25) is 4.79 Å². The average molecular weight is 374 g/mol. The summed E-state index contributed by atoms with van der Waals surface area (Å²) in [5.41, 5.74) is 1.39. The number of anilines is 1. The Morgan fingerprint density at radius 1 is 1.25 bits per heavy atom. The molecule has 2 aliphatic rings. The van der Waals surface area contributed by atoms with Crippen LogP contribution in [-0.4, -0.2) is 43.8 Å². The van der Waals surface area contributed by atoms with E-state index in [1.165, 1.54) is 6.92 Å². The standard InChI is InChI=1S/C16H23N3O3S.ClH/c1-11-3-6-15(9-16(11)17-12(2)20)23(21,22)19-8-7-13-4-5-14(10-19)18-13;/h3,6,9,13-14,18H,4-5,7-8,10H2,1-2H3,(H,17,20);1H. The lowest BCUT2D eigenvalue weighted by Crippen LogP contribution is -2.39. The molecule has 0 spiro atoms.